The van der Waals surface area contributed by atoms with Gasteiger partial charge in [-0.15, -0.1) is 0 Å². The molecular weight excluding hydrogens is 346 g/mol. The van der Waals surface area contributed by atoms with E-state index in [4.69, 9.17) is 4.74 Å². The van der Waals surface area contributed by atoms with Crippen molar-refractivity contribution in [2.24, 2.45) is 0 Å². The lowest BCUT2D eigenvalue weighted by atomic mass is 10.2. The summed E-state index contributed by atoms with van der Waals surface area (Å²) in [5.74, 6) is 0.120. The molecule has 0 atom stereocenters. The van der Waals surface area contributed by atoms with Gasteiger partial charge in [-0.2, -0.15) is 0 Å². The first-order valence-electron chi connectivity index (χ1n) is 8.35. The smallest absolute Gasteiger partial charge is 0.331 e. The molecule has 1 heterocycles. The van der Waals surface area contributed by atoms with Crippen molar-refractivity contribution in [3.05, 3.63) is 93.3 Å². The molecule has 1 amide bonds. The summed E-state index contributed by atoms with van der Waals surface area (Å²) < 4.78 is 7.42. The Morgan fingerprint density at radius 1 is 1.04 bits per heavy atom. The zero-order chi connectivity index (χ0) is 19.2. The number of benzene rings is 2. The standard InChI is InChI=1S/C20H19N3O4/c1-27-17-9-5-8-16(12-17)21-18(24)14-23-19(25)10-11-22(20(23)26)13-15-6-3-2-4-7-15/h2-12H,13-14H2,1H3,(H,21,24). The van der Waals surface area contributed by atoms with Gasteiger partial charge in [-0.3, -0.25) is 18.7 Å². The minimum atomic E-state index is -0.535. The van der Waals surface area contributed by atoms with Crippen molar-refractivity contribution in [1.82, 2.24) is 9.13 Å². The van der Waals surface area contributed by atoms with Crippen molar-refractivity contribution in [2.75, 3.05) is 12.4 Å². The van der Waals surface area contributed by atoms with Gasteiger partial charge in [-0.1, -0.05) is 36.4 Å². The van der Waals surface area contributed by atoms with Gasteiger partial charge in [-0.25, -0.2) is 4.79 Å². The number of anilines is 1. The van der Waals surface area contributed by atoms with Crippen LogP contribution in [-0.4, -0.2) is 22.2 Å². The summed E-state index contributed by atoms with van der Waals surface area (Å²) in [5, 5.41) is 2.66. The average molecular weight is 365 g/mol. The largest absolute Gasteiger partial charge is 0.497 e. The van der Waals surface area contributed by atoms with E-state index >= 15 is 0 Å². The molecule has 138 valence electrons. The number of nitrogens with zero attached hydrogens (tertiary/aromatic N) is 2. The minimum absolute atomic E-state index is 0.317. The Hall–Kier alpha value is -3.61. The van der Waals surface area contributed by atoms with Crippen molar-refractivity contribution < 1.29 is 9.53 Å². The molecule has 0 bridgehead atoms. The van der Waals surface area contributed by atoms with Crippen LogP contribution in [0.1, 0.15) is 5.56 Å². The van der Waals surface area contributed by atoms with Crippen molar-refractivity contribution in [2.45, 2.75) is 13.1 Å². The fourth-order valence-electron chi connectivity index (χ4n) is 2.65. The van der Waals surface area contributed by atoms with E-state index in [-0.39, 0.29) is 6.54 Å². The lowest BCUT2D eigenvalue weighted by molar-refractivity contribution is -0.116. The summed E-state index contributed by atoms with van der Waals surface area (Å²) >= 11 is 0. The number of rotatable bonds is 6. The molecule has 3 rings (SSSR count). The first kappa shape index (κ1) is 18.2. The predicted molar refractivity (Wildman–Crippen MR) is 102 cm³/mol. The van der Waals surface area contributed by atoms with Gasteiger partial charge < -0.3 is 10.1 Å². The van der Waals surface area contributed by atoms with Crippen LogP contribution in [0.4, 0.5) is 5.69 Å². The molecule has 7 heteroatoms. The fraction of sp³-hybridized carbons (Fsp3) is 0.150. The lowest BCUT2D eigenvalue weighted by Crippen LogP contribution is -2.41. The van der Waals surface area contributed by atoms with Gasteiger partial charge in [0.05, 0.1) is 13.7 Å². The third-order valence-electron chi connectivity index (χ3n) is 3.99. The number of methoxy groups -OCH3 is 1. The van der Waals surface area contributed by atoms with Gasteiger partial charge in [0.25, 0.3) is 5.56 Å². The minimum Gasteiger partial charge on any atom is -0.497 e. The highest BCUT2D eigenvalue weighted by molar-refractivity contribution is 5.90. The highest BCUT2D eigenvalue weighted by Crippen LogP contribution is 2.16. The van der Waals surface area contributed by atoms with Gasteiger partial charge in [0.1, 0.15) is 12.3 Å². The maximum atomic E-state index is 12.6. The third-order valence-corrected chi connectivity index (χ3v) is 3.99. The van der Waals surface area contributed by atoms with Crippen molar-refractivity contribution in [3.8, 4) is 5.75 Å². The number of carbonyl (C=O) groups excluding carboxylic acids is 1. The second-order valence-electron chi connectivity index (χ2n) is 5.92. The summed E-state index contributed by atoms with van der Waals surface area (Å²) in [6, 6.07) is 17.5. The Labute approximate surface area is 155 Å². The highest BCUT2D eigenvalue weighted by Gasteiger charge is 2.11. The highest BCUT2D eigenvalue weighted by atomic mass is 16.5. The van der Waals surface area contributed by atoms with E-state index in [9.17, 15) is 14.4 Å². The molecule has 1 N–H and O–H groups in total. The molecule has 2 aromatic carbocycles. The molecule has 0 spiro atoms. The molecule has 27 heavy (non-hydrogen) atoms. The monoisotopic (exact) mass is 365 g/mol. The van der Waals surface area contributed by atoms with Crippen LogP contribution in [0.25, 0.3) is 0 Å². The van der Waals surface area contributed by atoms with E-state index in [2.05, 4.69) is 5.32 Å². The number of carbonyl (C=O) groups is 1. The van der Waals surface area contributed by atoms with E-state index in [1.165, 1.54) is 23.9 Å². The second kappa shape index (κ2) is 8.18. The fourth-order valence-corrected chi connectivity index (χ4v) is 2.65. The van der Waals surface area contributed by atoms with Gasteiger partial charge in [0, 0.05) is 24.0 Å². The summed E-state index contributed by atoms with van der Waals surface area (Å²) in [5.41, 5.74) is 0.385. The molecule has 0 fully saturated rings. The van der Waals surface area contributed by atoms with E-state index in [1.807, 2.05) is 30.3 Å². The second-order valence-corrected chi connectivity index (χ2v) is 5.92. The first-order chi connectivity index (χ1) is 13.1. The van der Waals surface area contributed by atoms with Crippen LogP contribution in [0.2, 0.25) is 0 Å². The lowest BCUT2D eigenvalue weighted by Gasteiger charge is -2.11. The maximum Gasteiger partial charge on any atom is 0.331 e. The molecule has 0 unspecified atom stereocenters. The van der Waals surface area contributed by atoms with Gasteiger partial charge in [0.15, 0.2) is 0 Å². The molecule has 0 saturated carbocycles. The summed E-state index contributed by atoms with van der Waals surface area (Å²) in [6.45, 7) is -0.0536. The number of hydrogen-bond donors (Lipinski definition) is 1. The SMILES string of the molecule is COc1cccc(NC(=O)Cn2c(=O)ccn(Cc3ccccc3)c2=O)c1. The van der Waals surface area contributed by atoms with Crippen LogP contribution in [0.15, 0.2) is 76.4 Å². The molecule has 1 aromatic heterocycles. The van der Waals surface area contributed by atoms with Crippen LogP contribution in [0.3, 0.4) is 0 Å². The van der Waals surface area contributed by atoms with Crippen molar-refractivity contribution in [3.63, 3.8) is 0 Å². The van der Waals surface area contributed by atoms with Crippen LogP contribution < -0.4 is 21.3 Å². The number of nitrogens with one attached hydrogen (secondary N) is 1. The van der Waals surface area contributed by atoms with Crippen LogP contribution in [0, 0.1) is 0 Å². The molecule has 3 aromatic rings. The van der Waals surface area contributed by atoms with Crippen LogP contribution in [-0.2, 0) is 17.9 Å². The topological polar surface area (TPSA) is 82.3 Å². The molecular formula is C20H19N3O4. The summed E-state index contributed by atoms with van der Waals surface area (Å²) in [7, 11) is 1.53. The number of ether oxygens (including phenoxy) is 1. The number of amides is 1. The quantitative estimate of drug-likeness (QED) is 0.721. The Kier molecular flexibility index (Phi) is 5.51. The van der Waals surface area contributed by atoms with E-state index in [1.54, 1.807) is 24.3 Å². The van der Waals surface area contributed by atoms with Crippen LogP contribution >= 0.6 is 0 Å². The molecule has 0 aliphatic carbocycles. The number of aromatic nitrogens is 2. The van der Waals surface area contributed by atoms with Crippen molar-refractivity contribution >= 4 is 11.6 Å². The predicted octanol–water partition coefficient (Wildman–Crippen LogP) is 1.71. The Morgan fingerprint density at radius 3 is 2.56 bits per heavy atom. The molecule has 0 radical (unpaired) electrons. The van der Waals surface area contributed by atoms with E-state index < -0.39 is 17.2 Å². The van der Waals surface area contributed by atoms with Crippen molar-refractivity contribution in [1.29, 1.82) is 0 Å². The zero-order valence-electron chi connectivity index (χ0n) is 14.8. The number of hydrogen-bond acceptors (Lipinski definition) is 4. The third kappa shape index (κ3) is 4.52. The van der Waals surface area contributed by atoms with E-state index in [0.29, 0.717) is 18.0 Å². The molecule has 0 aliphatic rings. The average Bonchev–Trinajstić information content (AvgIpc) is 2.68. The van der Waals surface area contributed by atoms with E-state index in [0.717, 1.165) is 10.1 Å². The van der Waals surface area contributed by atoms with Gasteiger partial charge in [-0.05, 0) is 17.7 Å². The summed E-state index contributed by atoms with van der Waals surface area (Å²) in [6.07, 6.45) is 1.44. The normalized spacial score (nSPS) is 10.4. The van der Waals surface area contributed by atoms with Gasteiger partial charge >= 0.3 is 5.69 Å². The van der Waals surface area contributed by atoms with Crippen LogP contribution in [0.5, 0.6) is 5.75 Å². The molecule has 0 saturated heterocycles. The maximum absolute atomic E-state index is 12.6. The molecule has 7 nitrogen and oxygen atoms in total. The summed E-state index contributed by atoms with van der Waals surface area (Å²) in [4.78, 5) is 37.0. The van der Waals surface area contributed by atoms with Gasteiger partial charge in [0.2, 0.25) is 5.91 Å². The Balaban J connectivity index is 1.79. The Bertz CT molecular complexity index is 1050. The molecule has 0 aliphatic heterocycles. The zero-order valence-corrected chi connectivity index (χ0v) is 14.8. The first-order valence-corrected chi connectivity index (χ1v) is 8.35. The Morgan fingerprint density at radius 2 is 1.81 bits per heavy atom.